The lowest BCUT2D eigenvalue weighted by Gasteiger charge is -2.32. The molecule has 1 atom stereocenters. The number of rotatable bonds is 10. The van der Waals surface area contributed by atoms with Gasteiger partial charge < -0.3 is 15.1 Å². The van der Waals surface area contributed by atoms with Gasteiger partial charge in [-0.3, -0.25) is 24.6 Å². The monoisotopic (exact) mass is 764 g/mol. The number of likely N-dealkylation sites (tertiary alicyclic amines) is 1. The van der Waals surface area contributed by atoms with Crippen molar-refractivity contribution in [1.29, 1.82) is 0 Å². The molecule has 5 heterocycles. The summed E-state index contributed by atoms with van der Waals surface area (Å²) in [5, 5.41) is 13.1. The summed E-state index contributed by atoms with van der Waals surface area (Å²) in [5.74, 6) is 0.491. The average molecular weight is 765 g/mol. The fraction of sp³-hybridized carbons (Fsp3) is 0.333. The molecule has 292 valence electrons. The molecular formula is C45H48N8O4. The van der Waals surface area contributed by atoms with Gasteiger partial charge in [0, 0.05) is 47.9 Å². The van der Waals surface area contributed by atoms with Gasteiger partial charge >= 0.3 is 0 Å². The van der Waals surface area contributed by atoms with E-state index in [2.05, 4.69) is 84.4 Å². The number of piperidine rings is 2. The molecule has 0 bridgehead atoms. The van der Waals surface area contributed by atoms with Crippen LogP contribution < -0.4 is 16.0 Å². The Morgan fingerprint density at radius 2 is 1.67 bits per heavy atom. The van der Waals surface area contributed by atoms with Crippen molar-refractivity contribution in [3.8, 4) is 22.4 Å². The third-order valence-electron chi connectivity index (χ3n) is 11.1. The van der Waals surface area contributed by atoms with E-state index in [1.165, 1.54) is 17.3 Å². The molecule has 0 spiro atoms. The first-order valence-electron chi connectivity index (χ1n) is 19.7. The van der Waals surface area contributed by atoms with E-state index in [1.807, 2.05) is 62.7 Å². The van der Waals surface area contributed by atoms with Gasteiger partial charge in [-0.1, -0.05) is 69.3 Å². The van der Waals surface area contributed by atoms with Crippen molar-refractivity contribution in [2.75, 3.05) is 18.4 Å². The summed E-state index contributed by atoms with van der Waals surface area (Å²) in [7, 11) is 0. The van der Waals surface area contributed by atoms with Gasteiger partial charge in [0.1, 0.15) is 12.4 Å². The van der Waals surface area contributed by atoms with E-state index < -0.39 is 0 Å². The maximum absolute atomic E-state index is 12.8. The number of carbonyl (C=O) groups excluding carboxylic acids is 3. The van der Waals surface area contributed by atoms with Crippen molar-refractivity contribution in [1.82, 2.24) is 35.1 Å². The number of aromatic nitrogens is 4. The predicted molar refractivity (Wildman–Crippen MR) is 218 cm³/mol. The van der Waals surface area contributed by atoms with Crippen LogP contribution in [-0.2, 0) is 28.1 Å². The summed E-state index contributed by atoms with van der Waals surface area (Å²) < 4.78 is 7.58. The van der Waals surface area contributed by atoms with Gasteiger partial charge in [0.05, 0.1) is 17.4 Å². The number of benzene rings is 3. The number of carbonyl (C=O) groups is 3. The molecule has 2 fully saturated rings. The molecule has 3 N–H and O–H groups in total. The molecule has 3 aromatic heterocycles. The van der Waals surface area contributed by atoms with Crippen molar-refractivity contribution in [3.63, 3.8) is 0 Å². The topological polar surface area (TPSA) is 147 Å². The summed E-state index contributed by atoms with van der Waals surface area (Å²) in [6, 6.07) is 25.1. The first-order valence-corrected chi connectivity index (χ1v) is 19.7. The second-order valence-electron chi connectivity index (χ2n) is 16.3. The molecule has 6 aromatic rings. The van der Waals surface area contributed by atoms with Crippen molar-refractivity contribution in [2.24, 2.45) is 0 Å². The smallest absolute Gasteiger partial charge is 0.288 e. The van der Waals surface area contributed by atoms with Gasteiger partial charge in [-0.15, -0.1) is 0 Å². The molecule has 2 aliphatic rings. The van der Waals surface area contributed by atoms with Crippen LogP contribution in [0.15, 0.2) is 95.9 Å². The van der Waals surface area contributed by atoms with E-state index in [0.717, 1.165) is 77.2 Å². The van der Waals surface area contributed by atoms with E-state index >= 15 is 0 Å². The fourth-order valence-electron chi connectivity index (χ4n) is 7.71. The normalized spacial score (nSPS) is 16.8. The van der Waals surface area contributed by atoms with Crippen LogP contribution in [0.1, 0.15) is 91.1 Å². The van der Waals surface area contributed by atoms with Crippen LogP contribution in [0.25, 0.3) is 27.9 Å². The Kier molecular flexibility index (Phi) is 10.5. The summed E-state index contributed by atoms with van der Waals surface area (Å²) in [6.45, 7) is 11.4. The molecule has 12 nitrogen and oxygen atoms in total. The standard InChI is InChI=1S/C45H48N8O4/c1-28-21-33(9-10-34(28)23-46-43(56)39-24-47-44(57-39)45(2,3)4)41-38-22-35(26-53(38)49-27-48-41)31-7-5-29(6-8-31)25-52-19-17-32(18-20-52)30-11-13-36(14-12-30)50-37-15-16-40(54)51-42(37)55/h5-14,21-22,24,26-27,32,37,50H,15-20,23,25H2,1-4H3,(H,46,56)(H,51,54,55). The molecule has 57 heavy (non-hydrogen) atoms. The molecule has 0 radical (unpaired) electrons. The highest BCUT2D eigenvalue weighted by atomic mass is 16.4. The fourth-order valence-corrected chi connectivity index (χ4v) is 7.71. The number of aryl methyl sites for hydroxylation is 1. The number of fused-ring (bicyclic) bond motifs is 1. The number of oxazole rings is 1. The number of nitrogens with one attached hydrogen (secondary N) is 3. The molecular weight excluding hydrogens is 717 g/mol. The van der Waals surface area contributed by atoms with Crippen LogP contribution in [-0.4, -0.2) is 61.3 Å². The third-order valence-corrected chi connectivity index (χ3v) is 11.1. The molecule has 3 amide bonds. The van der Waals surface area contributed by atoms with Gasteiger partial charge in [0.25, 0.3) is 5.91 Å². The Morgan fingerprint density at radius 1 is 0.912 bits per heavy atom. The Bertz CT molecular complexity index is 2420. The van der Waals surface area contributed by atoms with Crippen molar-refractivity contribution >= 4 is 28.9 Å². The Balaban J connectivity index is 0.858. The molecule has 12 heteroatoms. The summed E-state index contributed by atoms with van der Waals surface area (Å²) in [5.41, 5.74) is 10.2. The summed E-state index contributed by atoms with van der Waals surface area (Å²) in [4.78, 5) is 47.8. The van der Waals surface area contributed by atoms with E-state index in [4.69, 9.17) is 4.42 Å². The summed E-state index contributed by atoms with van der Waals surface area (Å²) in [6.07, 6.45) is 8.18. The minimum absolute atomic E-state index is 0.204. The minimum atomic E-state index is -0.374. The number of anilines is 1. The minimum Gasteiger partial charge on any atom is -0.435 e. The number of hydrogen-bond acceptors (Lipinski definition) is 9. The highest BCUT2D eigenvalue weighted by molar-refractivity contribution is 6.01. The van der Waals surface area contributed by atoms with E-state index in [-0.39, 0.29) is 34.9 Å². The molecule has 2 saturated heterocycles. The lowest BCUT2D eigenvalue weighted by Crippen LogP contribution is -2.47. The predicted octanol–water partition coefficient (Wildman–Crippen LogP) is 7.18. The van der Waals surface area contributed by atoms with Crippen molar-refractivity contribution in [2.45, 2.75) is 83.8 Å². The first-order chi connectivity index (χ1) is 27.5. The third kappa shape index (κ3) is 8.51. The zero-order chi connectivity index (χ0) is 39.7. The Morgan fingerprint density at radius 3 is 2.37 bits per heavy atom. The average Bonchev–Trinajstić information content (AvgIpc) is 3.89. The first kappa shape index (κ1) is 37.8. The maximum Gasteiger partial charge on any atom is 0.288 e. The van der Waals surface area contributed by atoms with Crippen LogP contribution >= 0.6 is 0 Å². The number of imide groups is 1. The zero-order valence-corrected chi connectivity index (χ0v) is 32.8. The van der Waals surface area contributed by atoms with Gasteiger partial charge in [-0.25, -0.2) is 14.5 Å². The number of nitrogens with zero attached hydrogens (tertiary/aromatic N) is 5. The highest BCUT2D eigenvalue weighted by Crippen LogP contribution is 2.32. The van der Waals surface area contributed by atoms with Crippen LogP contribution in [0.2, 0.25) is 0 Å². The van der Waals surface area contributed by atoms with E-state index in [9.17, 15) is 14.4 Å². The van der Waals surface area contributed by atoms with Gasteiger partial charge in [-0.2, -0.15) is 5.10 Å². The quantitative estimate of drug-likeness (QED) is 0.124. The van der Waals surface area contributed by atoms with Crippen LogP contribution in [0, 0.1) is 6.92 Å². The number of hydrogen-bond donors (Lipinski definition) is 3. The molecule has 8 rings (SSSR count). The molecule has 3 aromatic carbocycles. The highest BCUT2D eigenvalue weighted by Gasteiger charge is 2.27. The zero-order valence-electron chi connectivity index (χ0n) is 32.8. The second-order valence-corrected chi connectivity index (χ2v) is 16.3. The van der Waals surface area contributed by atoms with Crippen molar-refractivity contribution in [3.05, 3.63) is 125 Å². The lowest BCUT2D eigenvalue weighted by molar-refractivity contribution is -0.133. The van der Waals surface area contributed by atoms with Gasteiger partial charge in [-0.05, 0) is 97.3 Å². The van der Waals surface area contributed by atoms with Gasteiger partial charge in [0.2, 0.25) is 23.5 Å². The van der Waals surface area contributed by atoms with E-state index in [0.29, 0.717) is 31.2 Å². The molecule has 2 aliphatic heterocycles. The second kappa shape index (κ2) is 15.8. The molecule has 0 aliphatic carbocycles. The summed E-state index contributed by atoms with van der Waals surface area (Å²) >= 11 is 0. The Hall–Kier alpha value is -6.14. The van der Waals surface area contributed by atoms with Crippen LogP contribution in [0.3, 0.4) is 0 Å². The van der Waals surface area contributed by atoms with Crippen LogP contribution in [0.4, 0.5) is 5.69 Å². The van der Waals surface area contributed by atoms with Crippen LogP contribution in [0.5, 0.6) is 0 Å². The lowest BCUT2D eigenvalue weighted by atomic mass is 9.89. The number of amides is 3. The van der Waals surface area contributed by atoms with Gasteiger partial charge in [0.15, 0.2) is 0 Å². The van der Waals surface area contributed by atoms with E-state index in [1.54, 1.807) is 6.33 Å². The van der Waals surface area contributed by atoms with Crippen molar-refractivity contribution < 1.29 is 18.8 Å². The molecule has 1 unspecified atom stereocenters. The maximum atomic E-state index is 12.8. The largest absolute Gasteiger partial charge is 0.435 e. The molecule has 0 saturated carbocycles. The Labute approximate surface area is 332 Å². The SMILES string of the molecule is Cc1cc(-c2ncnn3cc(-c4ccc(CN5CCC(c6ccc(NC7CCC(=O)NC7=O)cc6)CC5)cc4)cc23)ccc1CNC(=O)c1cnc(C(C)(C)C)o1.